The van der Waals surface area contributed by atoms with Gasteiger partial charge >= 0.3 is 0 Å². The fourth-order valence-electron chi connectivity index (χ4n) is 2.96. The van der Waals surface area contributed by atoms with Crippen LogP contribution >= 0.6 is 11.3 Å². The fourth-order valence-corrected chi connectivity index (χ4v) is 3.86. The fraction of sp³-hybridized carbons (Fsp3) is 0.389. The molecule has 1 aromatic heterocycles. The van der Waals surface area contributed by atoms with Crippen molar-refractivity contribution in [3.05, 3.63) is 51.2 Å². The molecule has 0 spiro atoms. The summed E-state index contributed by atoms with van der Waals surface area (Å²) in [6, 6.07) is 8.47. The smallest absolute Gasteiger partial charge is 0.264 e. The topological polar surface area (TPSA) is 23.6 Å². The van der Waals surface area contributed by atoms with Crippen LogP contribution in [0.2, 0.25) is 0 Å². The molecule has 0 saturated carbocycles. The quantitative estimate of drug-likeness (QED) is 0.845. The third kappa shape index (κ3) is 2.75. The number of amides is 1. The average Bonchev–Trinajstić information content (AvgIpc) is 2.96. The van der Waals surface area contributed by atoms with Crippen molar-refractivity contribution in [2.24, 2.45) is 0 Å². The van der Waals surface area contributed by atoms with E-state index in [1.807, 2.05) is 23.3 Å². The molecule has 0 unspecified atom stereocenters. The Balaban J connectivity index is 1.69. The van der Waals surface area contributed by atoms with E-state index >= 15 is 0 Å². The van der Waals surface area contributed by atoms with E-state index in [-0.39, 0.29) is 5.91 Å². The zero-order valence-corrected chi connectivity index (χ0v) is 14.2. The van der Waals surface area contributed by atoms with Crippen LogP contribution in [0.15, 0.2) is 29.6 Å². The molecule has 2 aromatic rings. The lowest BCUT2D eigenvalue weighted by Crippen LogP contribution is -2.49. The summed E-state index contributed by atoms with van der Waals surface area (Å²) < 4.78 is 0. The number of piperazine rings is 1. The zero-order chi connectivity index (χ0) is 15.7. The van der Waals surface area contributed by atoms with E-state index in [2.05, 4.69) is 36.9 Å². The Morgan fingerprint density at radius 2 is 1.73 bits per heavy atom. The van der Waals surface area contributed by atoms with Gasteiger partial charge in [-0.1, -0.05) is 12.1 Å². The van der Waals surface area contributed by atoms with Crippen LogP contribution in [-0.2, 0) is 0 Å². The Kier molecular flexibility index (Phi) is 4.21. The van der Waals surface area contributed by atoms with Crippen molar-refractivity contribution in [2.75, 3.05) is 31.1 Å². The number of aryl methyl sites for hydroxylation is 2. The lowest BCUT2D eigenvalue weighted by molar-refractivity contribution is 0.0751. The van der Waals surface area contributed by atoms with Crippen molar-refractivity contribution in [3.63, 3.8) is 0 Å². The Morgan fingerprint density at radius 1 is 1.00 bits per heavy atom. The number of carbonyl (C=O) groups is 1. The van der Waals surface area contributed by atoms with Crippen molar-refractivity contribution < 1.29 is 4.79 Å². The van der Waals surface area contributed by atoms with Gasteiger partial charge in [-0.2, -0.15) is 0 Å². The van der Waals surface area contributed by atoms with E-state index in [0.29, 0.717) is 0 Å². The summed E-state index contributed by atoms with van der Waals surface area (Å²) in [5.41, 5.74) is 5.06. The highest BCUT2D eigenvalue weighted by Crippen LogP contribution is 2.25. The van der Waals surface area contributed by atoms with Crippen LogP contribution in [0.25, 0.3) is 0 Å². The second-order valence-electron chi connectivity index (χ2n) is 5.93. The molecule has 3 rings (SSSR count). The molecule has 0 bridgehead atoms. The van der Waals surface area contributed by atoms with Gasteiger partial charge in [-0.05, 0) is 55.0 Å². The van der Waals surface area contributed by atoms with E-state index < -0.39 is 0 Å². The molecule has 1 saturated heterocycles. The molecule has 22 heavy (non-hydrogen) atoms. The molecular weight excluding hydrogens is 292 g/mol. The molecule has 1 aliphatic rings. The van der Waals surface area contributed by atoms with Gasteiger partial charge in [-0.25, -0.2) is 0 Å². The molecule has 116 valence electrons. The maximum Gasteiger partial charge on any atom is 0.264 e. The Bertz CT molecular complexity index is 684. The average molecular weight is 314 g/mol. The second-order valence-corrected chi connectivity index (χ2v) is 6.85. The number of hydrogen-bond donors (Lipinski definition) is 0. The SMILES string of the molecule is Cc1ccsc1C(=O)N1CCN(c2cccc(C)c2C)CC1. The van der Waals surface area contributed by atoms with Crippen molar-refractivity contribution in [3.8, 4) is 0 Å². The summed E-state index contributed by atoms with van der Waals surface area (Å²) in [5, 5.41) is 1.99. The van der Waals surface area contributed by atoms with Gasteiger partial charge in [0.1, 0.15) is 0 Å². The number of thiophene rings is 1. The van der Waals surface area contributed by atoms with E-state index in [9.17, 15) is 4.79 Å². The largest absolute Gasteiger partial charge is 0.368 e. The Labute approximate surface area is 136 Å². The predicted octanol–water partition coefficient (Wildman–Crippen LogP) is 3.64. The van der Waals surface area contributed by atoms with Crippen LogP contribution in [0.1, 0.15) is 26.4 Å². The number of nitrogens with zero attached hydrogens (tertiary/aromatic N) is 2. The molecular formula is C18H22N2OS. The van der Waals surface area contributed by atoms with E-state index in [0.717, 1.165) is 36.6 Å². The number of rotatable bonds is 2. The van der Waals surface area contributed by atoms with Gasteiger partial charge < -0.3 is 9.80 Å². The summed E-state index contributed by atoms with van der Waals surface area (Å²) in [4.78, 5) is 17.8. The first-order valence-electron chi connectivity index (χ1n) is 7.72. The maximum atomic E-state index is 12.6. The molecule has 2 heterocycles. The molecule has 0 N–H and O–H groups in total. The van der Waals surface area contributed by atoms with Crippen LogP contribution in [0.5, 0.6) is 0 Å². The third-order valence-corrected chi connectivity index (χ3v) is 5.54. The highest BCUT2D eigenvalue weighted by atomic mass is 32.1. The second kappa shape index (κ2) is 6.13. The van der Waals surface area contributed by atoms with Crippen molar-refractivity contribution in [2.45, 2.75) is 20.8 Å². The van der Waals surface area contributed by atoms with Gasteiger partial charge in [0.15, 0.2) is 0 Å². The summed E-state index contributed by atoms with van der Waals surface area (Å²) in [6.45, 7) is 9.74. The highest BCUT2D eigenvalue weighted by molar-refractivity contribution is 7.12. The Hall–Kier alpha value is -1.81. The van der Waals surface area contributed by atoms with Gasteiger partial charge in [0.2, 0.25) is 0 Å². The monoisotopic (exact) mass is 314 g/mol. The van der Waals surface area contributed by atoms with Gasteiger partial charge in [-0.15, -0.1) is 11.3 Å². The summed E-state index contributed by atoms with van der Waals surface area (Å²) in [7, 11) is 0. The molecule has 0 aliphatic carbocycles. The molecule has 3 nitrogen and oxygen atoms in total. The molecule has 1 aliphatic heterocycles. The van der Waals surface area contributed by atoms with Crippen LogP contribution in [0, 0.1) is 20.8 Å². The van der Waals surface area contributed by atoms with Gasteiger partial charge in [-0.3, -0.25) is 4.79 Å². The van der Waals surface area contributed by atoms with Crippen molar-refractivity contribution >= 4 is 22.9 Å². The minimum atomic E-state index is 0.188. The van der Waals surface area contributed by atoms with Crippen LogP contribution in [-0.4, -0.2) is 37.0 Å². The molecule has 1 amide bonds. The molecule has 1 fully saturated rings. The molecule has 1 aromatic carbocycles. The van der Waals surface area contributed by atoms with E-state index in [1.54, 1.807) is 11.3 Å². The summed E-state index contributed by atoms with van der Waals surface area (Å²) >= 11 is 1.55. The van der Waals surface area contributed by atoms with Crippen LogP contribution in [0.3, 0.4) is 0 Å². The standard InChI is InChI=1S/C18H22N2OS/c1-13-5-4-6-16(15(13)3)19-8-10-20(11-9-19)18(21)17-14(2)7-12-22-17/h4-7,12H,8-11H2,1-3H3. The van der Waals surface area contributed by atoms with Gasteiger partial charge in [0.25, 0.3) is 5.91 Å². The van der Waals surface area contributed by atoms with Crippen molar-refractivity contribution in [1.82, 2.24) is 4.90 Å². The van der Waals surface area contributed by atoms with Crippen LogP contribution in [0.4, 0.5) is 5.69 Å². The van der Waals surface area contributed by atoms with Crippen LogP contribution < -0.4 is 4.90 Å². The maximum absolute atomic E-state index is 12.6. The predicted molar refractivity (Wildman–Crippen MR) is 93.1 cm³/mol. The summed E-state index contributed by atoms with van der Waals surface area (Å²) in [6.07, 6.45) is 0. The normalized spacial score (nSPS) is 15.2. The lowest BCUT2D eigenvalue weighted by atomic mass is 10.1. The summed E-state index contributed by atoms with van der Waals surface area (Å²) in [5.74, 6) is 0.188. The first-order chi connectivity index (χ1) is 10.6. The highest BCUT2D eigenvalue weighted by Gasteiger charge is 2.24. The zero-order valence-electron chi connectivity index (χ0n) is 13.4. The minimum Gasteiger partial charge on any atom is -0.368 e. The third-order valence-electron chi connectivity index (χ3n) is 4.54. The number of anilines is 1. The number of hydrogen-bond acceptors (Lipinski definition) is 3. The van der Waals surface area contributed by atoms with Gasteiger partial charge in [0, 0.05) is 31.9 Å². The Morgan fingerprint density at radius 3 is 2.36 bits per heavy atom. The number of benzene rings is 1. The molecule has 4 heteroatoms. The van der Waals surface area contributed by atoms with E-state index in [4.69, 9.17) is 0 Å². The first-order valence-corrected chi connectivity index (χ1v) is 8.60. The van der Waals surface area contributed by atoms with Crippen molar-refractivity contribution in [1.29, 1.82) is 0 Å². The minimum absolute atomic E-state index is 0.188. The lowest BCUT2D eigenvalue weighted by Gasteiger charge is -2.37. The molecule has 0 atom stereocenters. The van der Waals surface area contributed by atoms with E-state index in [1.165, 1.54) is 16.8 Å². The van der Waals surface area contributed by atoms with Gasteiger partial charge in [0.05, 0.1) is 4.88 Å². The first kappa shape index (κ1) is 15.1. The molecule has 0 radical (unpaired) electrons. The number of carbonyl (C=O) groups excluding carboxylic acids is 1.